The third-order valence-corrected chi connectivity index (χ3v) is 3.53. The number of hydrogen-bond donors (Lipinski definition) is 1. The zero-order chi connectivity index (χ0) is 16.8. The minimum Gasteiger partial charge on any atom is -0.550 e. The van der Waals surface area contributed by atoms with E-state index in [1.807, 2.05) is 30.3 Å². The molecule has 5 unspecified atom stereocenters. The first-order chi connectivity index (χ1) is 11.0. The molecule has 2 aliphatic heterocycles. The van der Waals surface area contributed by atoms with Gasteiger partial charge in [0, 0.05) is 25.1 Å². The summed E-state index contributed by atoms with van der Waals surface area (Å²) in [5.74, 6) is -1.08. The van der Waals surface area contributed by atoms with Gasteiger partial charge in [0.1, 0.15) is 12.2 Å². The van der Waals surface area contributed by atoms with Gasteiger partial charge in [0.05, 0.1) is 12.7 Å². The summed E-state index contributed by atoms with van der Waals surface area (Å²) in [5, 5.41) is 19.0. The predicted octanol–water partition coefficient (Wildman–Crippen LogP) is -0.0234. The van der Waals surface area contributed by atoms with E-state index >= 15 is 0 Å². The molecule has 7 nitrogen and oxygen atoms in total. The molecule has 0 aromatic heterocycles. The van der Waals surface area contributed by atoms with E-state index in [0.29, 0.717) is 13.0 Å². The van der Waals surface area contributed by atoms with E-state index in [1.165, 1.54) is 0 Å². The van der Waals surface area contributed by atoms with E-state index in [0.717, 1.165) is 12.5 Å². The van der Waals surface area contributed by atoms with Gasteiger partial charge in [-0.05, 0) is 6.92 Å². The van der Waals surface area contributed by atoms with E-state index in [-0.39, 0.29) is 39.9 Å². The topological polar surface area (TPSA) is 97.3 Å². The summed E-state index contributed by atoms with van der Waals surface area (Å²) in [4.78, 5) is 8.89. The second-order valence-corrected chi connectivity index (χ2v) is 5.31. The summed E-state index contributed by atoms with van der Waals surface area (Å²) < 4.78 is 22.3. The molecule has 5 atom stereocenters. The third-order valence-electron chi connectivity index (χ3n) is 3.53. The van der Waals surface area contributed by atoms with Gasteiger partial charge in [-0.3, -0.25) is 0 Å². The monoisotopic (exact) mass is 527 g/mol. The number of rotatable bonds is 2. The van der Waals surface area contributed by atoms with Crippen LogP contribution in [0, 0.1) is 0 Å². The zero-order valence-corrected chi connectivity index (χ0v) is 19.3. The van der Waals surface area contributed by atoms with E-state index in [1.54, 1.807) is 7.11 Å². The van der Waals surface area contributed by atoms with Crippen molar-refractivity contribution in [3.05, 3.63) is 35.9 Å². The number of fused-ring (bicyclic) bond motifs is 1. The smallest absolute Gasteiger partial charge is 0.550 e. The number of ether oxygens (including phenoxy) is 4. The fraction of sp³-hybridized carbons (Fsp3) is 0.562. The Bertz CT molecular complexity index is 494. The molecule has 0 saturated carbocycles. The van der Waals surface area contributed by atoms with Crippen molar-refractivity contribution in [3.63, 3.8) is 0 Å². The van der Waals surface area contributed by atoms with Crippen molar-refractivity contribution in [2.75, 3.05) is 13.7 Å². The second-order valence-electron chi connectivity index (χ2n) is 5.31. The van der Waals surface area contributed by atoms with Crippen LogP contribution in [-0.2, 0) is 51.4 Å². The molecule has 0 spiro atoms. The molecule has 0 amide bonds. The Kier molecular flexibility index (Phi) is 9.32. The van der Waals surface area contributed by atoms with E-state index in [4.69, 9.17) is 28.8 Å². The summed E-state index contributed by atoms with van der Waals surface area (Å²) in [6, 6.07) is 9.70. The Balaban J connectivity index is 0.000000522. The normalized spacial score (nSPS) is 31.7. The number of carbonyl (C=O) groups excluding carboxylic acids is 1. The number of aliphatic carboxylic acids is 1. The maximum atomic E-state index is 10.1. The Labute approximate surface area is 161 Å². The van der Waals surface area contributed by atoms with Gasteiger partial charge < -0.3 is 34.0 Å². The maximum Gasteiger partial charge on any atom is 1.00 e. The zero-order valence-electron chi connectivity index (χ0n) is 13.8. The first-order valence-electron chi connectivity index (χ1n) is 7.37. The summed E-state index contributed by atoms with van der Waals surface area (Å²) >= 11 is 0. The fourth-order valence-corrected chi connectivity index (χ4v) is 2.52. The number of carbonyl (C=O) groups is 1. The quantitative estimate of drug-likeness (QED) is 0.542. The van der Waals surface area contributed by atoms with Gasteiger partial charge in [-0.15, -0.1) is 0 Å². The van der Waals surface area contributed by atoms with Gasteiger partial charge in [0.15, 0.2) is 12.6 Å². The van der Waals surface area contributed by atoms with Gasteiger partial charge in [-0.2, -0.15) is 0 Å². The summed E-state index contributed by atoms with van der Waals surface area (Å²) in [7, 11) is 1.56. The Morgan fingerprint density at radius 2 is 1.92 bits per heavy atom. The van der Waals surface area contributed by atoms with Crippen molar-refractivity contribution in [2.45, 2.75) is 44.2 Å². The van der Waals surface area contributed by atoms with Crippen LogP contribution >= 0.6 is 0 Å². The molecule has 2 fully saturated rings. The third kappa shape index (κ3) is 6.05. The van der Waals surface area contributed by atoms with Gasteiger partial charge in [0.2, 0.25) is 0 Å². The van der Waals surface area contributed by atoms with E-state index < -0.39 is 24.7 Å². The number of aliphatic hydroxyl groups excluding tert-OH is 1. The standard InChI is InChI=1S/C14H18O5.C2H4O2.Hg/c1-16-12-7-10(15)13-11(18-12)8-17-14(19-13)9-5-3-2-4-6-9;1-2(3)4;/h2-6,10-15H,7-8H2,1H3;1H3,(H,3,4);/q;;+1/p-1. The van der Waals surface area contributed by atoms with Crippen LogP contribution in [0.4, 0.5) is 0 Å². The number of carboxylic acids is 1. The summed E-state index contributed by atoms with van der Waals surface area (Å²) in [5.41, 5.74) is 0.946. The summed E-state index contributed by atoms with van der Waals surface area (Å²) in [6.07, 6.45) is -1.67. The number of methoxy groups -OCH3 is 1. The van der Waals surface area contributed by atoms with Crippen LogP contribution in [0.1, 0.15) is 25.2 Å². The molecule has 2 heterocycles. The molecule has 3 rings (SSSR count). The van der Waals surface area contributed by atoms with Crippen molar-refractivity contribution < 1.29 is 61.6 Å². The molecule has 1 radical (unpaired) electrons. The molecule has 1 aromatic rings. The minimum absolute atomic E-state index is 0. The van der Waals surface area contributed by atoms with Crippen LogP contribution in [0.3, 0.4) is 0 Å². The van der Waals surface area contributed by atoms with Crippen LogP contribution in [0.2, 0.25) is 0 Å². The fourth-order valence-electron chi connectivity index (χ4n) is 2.52. The molecular formula is C16H21HgO7. The van der Waals surface area contributed by atoms with Gasteiger partial charge >= 0.3 is 27.7 Å². The molecule has 2 saturated heterocycles. The van der Waals surface area contributed by atoms with Crippen molar-refractivity contribution in [3.8, 4) is 0 Å². The van der Waals surface area contributed by atoms with E-state index in [9.17, 15) is 5.11 Å². The average molecular weight is 526 g/mol. The average Bonchev–Trinajstić information content (AvgIpc) is 2.55. The molecule has 0 aliphatic carbocycles. The van der Waals surface area contributed by atoms with Gasteiger partial charge in [0.25, 0.3) is 0 Å². The molecule has 8 heteroatoms. The van der Waals surface area contributed by atoms with Crippen molar-refractivity contribution in [2.24, 2.45) is 0 Å². The predicted molar refractivity (Wildman–Crippen MR) is 77.0 cm³/mol. The Hall–Kier alpha value is -0.575. The number of aliphatic hydroxyl groups is 1. The number of benzene rings is 1. The van der Waals surface area contributed by atoms with Crippen LogP contribution in [0.15, 0.2) is 30.3 Å². The molecule has 129 valence electrons. The van der Waals surface area contributed by atoms with E-state index in [2.05, 4.69) is 0 Å². The van der Waals surface area contributed by atoms with Crippen molar-refractivity contribution >= 4 is 5.97 Å². The second kappa shape index (κ2) is 10.4. The van der Waals surface area contributed by atoms with Gasteiger partial charge in [-0.25, -0.2) is 0 Å². The van der Waals surface area contributed by atoms with Crippen LogP contribution < -0.4 is 5.11 Å². The van der Waals surface area contributed by atoms with Crippen LogP contribution in [-0.4, -0.2) is 49.4 Å². The molecular weight excluding hydrogens is 505 g/mol. The van der Waals surface area contributed by atoms with Crippen LogP contribution in [0.25, 0.3) is 0 Å². The Morgan fingerprint density at radius 3 is 2.50 bits per heavy atom. The number of carboxylic acid groups (broad SMARTS) is 1. The SMILES string of the molecule is CC(=O)[O-].COC1CC(O)C2OC(c3ccccc3)OCC2O1.[Hg+]. The molecule has 0 bridgehead atoms. The first kappa shape index (κ1) is 21.5. The Morgan fingerprint density at radius 1 is 1.29 bits per heavy atom. The molecule has 2 aliphatic rings. The first-order valence-corrected chi connectivity index (χ1v) is 7.37. The summed E-state index contributed by atoms with van der Waals surface area (Å²) in [6.45, 7) is 1.36. The molecule has 24 heavy (non-hydrogen) atoms. The van der Waals surface area contributed by atoms with Crippen LogP contribution in [0.5, 0.6) is 0 Å². The molecule has 1 N–H and O–H groups in total. The van der Waals surface area contributed by atoms with Crippen molar-refractivity contribution in [1.29, 1.82) is 0 Å². The largest absolute Gasteiger partial charge is 1.00 e. The van der Waals surface area contributed by atoms with Gasteiger partial charge in [-0.1, -0.05) is 30.3 Å². The number of hydrogen-bond acceptors (Lipinski definition) is 7. The van der Waals surface area contributed by atoms with Crippen molar-refractivity contribution in [1.82, 2.24) is 0 Å². The molecule has 1 aromatic carbocycles. The minimum atomic E-state index is -1.08. The maximum absolute atomic E-state index is 10.1.